The molecule has 2 N–H and O–H groups in total. The molecule has 0 fully saturated rings. The van der Waals surface area contributed by atoms with Crippen LogP contribution in [0.4, 0.5) is 5.69 Å². The Hall–Kier alpha value is -3.16. The van der Waals surface area contributed by atoms with Crippen LogP contribution in [0.2, 0.25) is 0 Å². The Labute approximate surface area is 178 Å². The zero-order valence-corrected chi connectivity index (χ0v) is 17.9. The number of anilines is 1. The van der Waals surface area contributed by atoms with Crippen molar-refractivity contribution in [3.63, 3.8) is 0 Å². The van der Waals surface area contributed by atoms with Crippen molar-refractivity contribution in [1.82, 2.24) is 9.47 Å². The minimum atomic E-state index is -0.188. The monoisotopic (exact) mass is 421 g/mol. The molecule has 3 aromatic rings. The van der Waals surface area contributed by atoms with Gasteiger partial charge in [-0.1, -0.05) is 23.8 Å². The molecule has 1 amide bonds. The van der Waals surface area contributed by atoms with Crippen molar-refractivity contribution in [2.45, 2.75) is 13.5 Å². The standard InChI is InChI=1S/C23H23N3O3S/c1-14-4-9-18-17(12-14)20(21(28)24-18)23-26(11-10-25(2)3)22(29)19(30-23)13-15-5-7-16(27)8-6-15/h4-9,12-13,27H,10-11H2,1-3H3,(H,24,28)/b19-13-,23-20-. The van der Waals surface area contributed by atoms with Gasteiger partial charge in [0.05, 0.1) is 10.1 Å². The van der Waals surface area contributed by atoms with Crippen LogP contribution in [0.25, 0.3) is 11.6 Å². The first kappa shape index (κ1) is 20.1. The maximum Gasteiger partial charge on any atom is 0.269 e. The second kappa shape index (κ2) is 7.93. The molecule has 0 radical (unpaired) electrons. The smallest absolute Gasteiger partial charge is 0.269 e. The second-order valence-electron chi connectivity index (χ2n) is 7.65. The number of hydrogen-bond acceptors (Lipinski definition) is 5. The number of fused-ring (bicyclic) bond motifs is 1. The van der Waals surface area contributed by atoms with E-state index in [-0.39, 0.29) is 17.2 Å². The van der Waals surface area contributed by atoms with Crippen LogP contribution in [0.3, 0.4) is 0 Å². The van der Waals surface area contributed by atoms with E-state index in [1.54, 1.807) is 34.9 Å². The third-order valence-corrected chi connectivity index (χ3v) is 6.13. The number of rotatable bonds is 4. The highest BCUT2D eigenvalue weighted by Crippen LogP contribution is 2.30. The van der Waals surface area contributed by atoms with Gasteiger partial charge in [0.25, 0.3) is 11.5 Å². The van der Waals surface area contributed by atoms with Gasteiger partial charge in [-0.2, -0.15) is 0 Å². The number of phenols is 1. The van der Waals surface area contributed by atoms with Gasteiger partial charge in [-0.25, -0.2) is 0 Å². The third kappa shape index (κ3) is 3.81. The SMILES string of the molecule is Cc1ccc2c(c1)/C(=c1/s/c(=C\c3ccc(O)cc3)c(=O)n1CCN(C)C)C(=O)N2. The fourth-order valence-electron chi connectivity index (χ4n) is 3.42. The summed E-state index contributed by atoms with van der Waals surface area (Å²) >= 11 is 1.32. The fourth-order valence-corrected chi connectivity index (χ4v) is 4.61. The quantitative estimate of drug-likeness (QED) is 0.669. The molecular formula is C23H23N3O3S. The Kier molecular flexibility index (Phi) is 5.32. The van der Waals surface area contributed by atoms with E-state index in [1.807, 2.05) is 44.1 Å². The number of hydrogen-bond donors (Lipinski definition) is 2. The van der Waals surface area contributed by atoms with E-state index in [4.69, 9.17) is 0 Å². The fraction of sp³-hybridized carbons (Fsp3) is 0.217. The molecule has 154 valence electrons. The Morgan fingerprint density at radius 2 is 1.87 bits per heavy atom. The van der Waals surface area contributed by atoms with Crippen LogP contribution >= 0.6 is 11.3 Å². The zero-order chi connectivity index (χ0) is 21.4. The molecule has 2 heterocycles. The molecular weight excluding hydrogens is 398 g/mol. The van der Waals surface area contributed by atoms with E-state index in [9.17, 15) is 14.7 Å². The molecule has 1 aromatic heterocycles. The molecule has 0 bridgehead atoms. The number of aromatic hydroxyl groups is 1. The van der Waals surface area contributed by atoms with Gasteiger partial charge < -0.3 is 15.3 Å². The number of nitrogens with zero attached hydrogens (tertiary/aromatic N) is 2. The van der Waals surface area contributed by atoms with Crippen LogP contribution in [0, 0.1) is 6.92 Å². The molecule has 2 aromatic carbocycles. The summed E-state index contributed by atoms with van der Waals surface area (Å²) in [6, 6.07) is 12.5. The van der Waals surface area contributed by atoms with Gasteiger partial charge in [0, 0.05) is 24.3 Å². The molecule has 1 aliphatic rings. The van der Waals surface area contributed by atoms with Gasteiger partial charge >= 0.3 is 0 Å². The van der Waals surface area contributed by atoms with Crippen LogP contribution in [0.1, 0.15) is 16.7 Å². The van der Waals surface area contributed by atoms with Gasteiger partial charge in [0.1, 0.15) is 10.4 Å². The lowest BCUT2D eigenvalue weighted by Crippen LogP contribution is -2.36. The number of carbonyl (C=O) groups is 1. The zero-order valence-electron chi connectivity index (χ0n) is 17.1. The first-order valence-corrected chi connectivity index (χ1v) is 10.5. The molecule has 30 heavy (non-hydrogen) atoms. The number of aryl methyl sites for hydroxylation is 1. The van der Waals surface area contributed by atoms with Crippen molar-refractivity contribution in [2.24, 2.45) is 0 Å². The Morgan fingerprint density at radius 3 is 2.57 bits per heavy atom. The average molecular weight is 422 g/mol. The highest BCUT2D eigenvalue weighted by atomic mass is 32.1. The second-order valence-corrected chi connectivity index (χ2v) is 8.68. The van der Waals surface area contributed by atoms with E-state index >= 15 is 0 Å². The minimum absolute atomic E-state index is 0.119. The Morgan fingerprint density at radius 1 is 1.13 bits per heavy atom. The first-order chi connectivity index (χ1) is 14.3. The van der Waals surface area contributed by atoms with Gasteiger partial charge in [-0.15, -0.1) is 11.3 Å². The highest BCUT2D eigenvalue weighted by Gasteiger charge is 2.27. The Bertz CT molecular complexity index is 1300. The summed E-state index contributed by atoms with van der Waals surface area (Å²) in [5, 5.41) is 12.4. The summed E-state index contributed by atoms with van der Waals surface area (Å²) in [4.78, 5) is 28.1. The van der Waals surface area contributed by atoms with Crippen LogP contribution in [-0.2, 0) is 11.3 Å². The maximum absolute atomic E-state index is 13.2. The lowest BCUT2D eigenvalue weighted by molar-refractivity contribution is -0.110. The third-order valence-electron chi connectivity index (χ3n) is 5.00. The number of benzene rings is 2. The van der Waals surface area contributed by atoms with Crippen LogP contribution in [0.15, 0.2) is 47.3 Å². The van der Waals surface area contributed by atoms with Crippen molar-refractivity contribution in [3.8, 4) is 5.75 Å². The number of thiazole rings is 1. The molecule has 0 saturated carbocycles. The van der Waals surface area contributed by atoms with Gasteiger partial charge in [0.15, 0.2) is 0 Å². The van der Waals surface area contributed by atoms with E-state index in [0.717, 1.165) is 22.4 Å². The van der Waals surface area contributed by atoms with E-state index in [0.29, 0.717) is 27.9 Å². The normalized spacial score (nSPS) is 15.6. The molecule has 0 unspecified atom stereocenters. The van der Waals surface area contributed by atoms with Crippen molar-refractivity contribution in [1.29, 1.82) is 0 Å². The van der Waals surface area contributed by atoms with E-state index in [1.165, 1.54) is 11.3 Å². The largest absolute Gasteiger partial charge is 0.508 e. The molecule has 1 aliphatic heterocycles. The number of amides is 1. The summed E-state index contributed by atoms with van der Waals surface area (Å²) in [5.74, 6) is -0.0146. The number of aromatic nitrogens is 1. The molecule has 0 atom stereocenters. The molecule has 4 rings (SSSR count). The van der Waals surface area contributed by atoms with E-state index in [2.05, 4.69) is 5.32 Å². The topological polar surface area (TPSA) is 74.6 Å². The van der Waals surface area contributed by atoms with Gasteiger partial charge in [0.2, 0.25) is 0 Å². The van der Waals surface area contributed by atoms with Crippen LogP contribution in [-0.4, -0.2) is 41.1 Å². The predicted molar refractivity (Wildman–Crippen MR) is 120 cm³/mol. The van der Waals surface area contributed by atoms with Crippen molar-refractivity contribution < 1.29 is 9.90 Å². The van der Waals surface area contributed by atoms with Crippen molar-refractivity contribution >= 4 is 34.6 Å². The number of nitrogens with one attached hydrogen (secondary N) is 1. The molecule has 0 spiro atoms. The summed E-state index contributed by atoms with van der Waals surface area (Å²) in [5.41, 5.74) is 3.89. The maximum atomic E-state index is 13.2. The minimum Gasteiger partial charge on any atom is -0.508 e. The highest BCUT2D eigenvalue weighted by molar-refractivity contribution is 7.07. The molecule has 0 saturated heterocycles. The van der Waals surface area contributed by atoms with E-state index < -0.39 is 0 Å². The van der Waals surface area contributed by atoms with Gasteiger partial charge in [-0.3, -0.25) is 14.2 Å². The number of phenolic OH excluding ortho intramolecular Hbond substituents is 1. The summed E-state index contributed by atoms with van der Waals surface area (Å²) in [6.07, 6.45) is 1.80. The molecule has 7 heteroatoms. The van der Waals surface area contributed by atoms with Crippen molar-refractivity contribution in [3.05, 3.63) is 78.7 Å². The van der Waals surface area contributed by atoms with Crippen molar-refractivity contribution in [2.75, 3.05) is 26.0 Å². The Balaban J connectivity index is 1.99. The average Bonchev–Trinajstić information content (AvgIpc) is 3.17. The summed E-state index contributed by atoms with van der Waals surface area (Å²) in [7, 11) is 3.91. The lowest BCUT2D eigenvalue weighted by Gasteiger charge is -2.10. The summed E-state index contributed by atoms with van der Waals surface area (Å²) in [6.45, 7) is 3.15. The van der Waals surface area contributed by atoms with Crippen LogP contribution < -0.4 is 20.1 Å². The first-order valence-electron chi connectivity index (χ1n) is 9.65. The number of likely N-dealkylation sites (N-methyl/N-ethyl adjacent to an activating group) is 1. The molecule has 6 nitrogen and oxygen atoms in total. The number of carbonyl (C=O) groups excluding carboxylic acids is 1. The summed E-state index contributed by atoms with van der Waals surface area (Å²) < 4.78 is 2.91. The van der Waals surface area contributed by atoms with Gasteiger partial charge in [-0.05, 0) is 56.9 Å². The lowest BCUT2D eigenvalue weighted by atomic mass is 10.1. The predicted octanol–water partition coefficient (Wildman–Crippen LogP) is 1.47. The van der Waals surface area contributed by atoms with Crippen LogP contribution in [0.5, 0.6) is 5.75 Å². The molecule has 0 aliphatic carbocycles.